The Morgan fingerprint density at radius 3 is 2.84 bits per heavy atom. The zero-order chi connectivity index (χ0) is 17.2. The second-order valence-electron chi connectivity index (χ2n) is 7.12. The average Bonchev–Trinajstić information content (AvgIpc) is 3.26. The fourth-order valence-corrected chi connectivity index (χ4v) is 4.57. The van der Waals surface area contributed by atoms with Gasteiger partial charge in [0.1, 0.15) is 5.76 Å². The highest BCUT2D eigenvalue weighted by Crippen LogP contribution is 2.26. The van der Waals surface area contributed by atoms with Gasteiger partial charge < -0.3 is 9.32 Å². The minimum atomic E-state index is 0.275. The minimum absolute atomic E-state index is 0.275. The highest BCUT2D eigenvalue weighted by Gasteiger charge is 2.30. The fourth-order valence-electron chi connectivity index (χ4n) is 3.95. The molecule has 1 saturated heterocycles. The first-order chi connectivity index (χ1) is 12.2. The topological polar surface area (TPSA) is 49.6 Å². The molecule has 0 aromatic carbocycles. The molecule has 6 heteroatoms. The van der Waals surface area contributed by atoms with Crippen LogP contribution in [-0.4, -0.2) is 46.4 Å². The molecule has 0 unspecified atom stereocenters. The smallest absolute Gasteiger partial charge is 0.237 e. The number of piperazine rings is 1. The summed E-state index contributed by atoms with van der Waals surface area (Å²) < 4.78 is 5.82. The Labute approximate surface area is 152 Å². The maximum absolute atomic E-state index is 12.6. The maximum Gasteiger partial charge on any atom is 0.237 e. The van der Waals surface area contributed by atoms with Crippen LogP contribution in [0, 0.1) is 6.92 Å². The molecule has 2 fully saturated rings. The first-order valence-corrected chi connectivity index (χ1v) is 10.2. The molecule has 3 heterocycles. The van der Waals surface area contributed by atoms with Gasteiger partial charge in [-0.05, 0) is 31.2 Å². The molecule has 0 bridgehead atoms. The number of carbonyl (C=O) groups excluding carboxylic acids is 1. The van der Waals surface area contributed by atoms with Gasteiger partial charge in [-0.25, -0.2) is 4.98 Å². The summed E-state index contributed by atoms with van der Waals surface area (Å²) in [5.74, 6) is 1.81. The van der Waals surface area contributed by atoms with Crippen LogP contribution in [0.3, 0.4) is 0 Å². The summed E-state index contributed by atoms with van der Waals surface area (Å²) in [4.78, 5) is 21.6. The summed E-state index contributed by atoms with van der Waals surface area (Å²) in [7, 11) is 0. The summed E-state index contributed by atoms with van der Waals surface area (Å²) in [5.41, 5.74) is 1.97. The molecule has 1 saturated carbocycles. The van der Waals surface area contributed by atoms with Crippen LogP contribution in [-0.2, 0) is 11.3 Å². The normalized spacial score (nSPS) is 20.4. The van der Waals surface area contributed by atoms with Crippen LogP contribution in [0.15, 0.2) is 21.2 Å². The van der Waals surface area contributed by atoms with E-state index in [4.69, 9.17) is 4.42 Å². The van der Waals surface area contributed by atoms with E-state index in [9.17, 15) is 4.79 Å². The predicted octanol–water partition coefficient (Wildman–Crippen LogP) is 3.69. The number of carbonyl (C=O) groups is 1. The van der Waals surface area contributed by atoms with E-state index in [1.165, 1.54) is 32.1 Å². The first kappa shape index (κ1) is 16.8. The molecule has 0 spiro atoms. The lowest BCUT2D eigenvalue weighted by Gasteiger charge is -2.40. The molecule has 1 aliphatic heterocycles. The number of hydrogen-bond donors (Lipinski definition) is 0. The van der Waals surface area contributed by atoms with Gasteiger partial charge in [-0.15, -0.1) is 0 Å². The van der Waals surface area contributed by atoms with E-state index in [-0.39, 0.29) is 5.91 Å². The SMILES string of the molecule is Cc1oc(-c2ccsc2)nc1CN1CCN(C2CCCCC2)C(=O)C1. The molecule has 0 radical (unpaired) electrons. The molecule has 5 nitrogen and oxygen atoms in total. The van der Waals surface area contributed by atoms with E-state index >= 15 is 0 Å². The molecule has 1 amide bonds. The van der Waals surface area contributed by atoms with Crippen molar-refractivity contribution in [3.8, 4) is 11.5 Å². The molecular formula is C19H25N3O2S. The van der Waals surface area contributed by atoms with Crippen LogP contribution in [0.4, 0.5) is 0 Å². The molecule has 2 aromatic rings. The molecule has 4 rings (SSSR count). The van der Waals surface area contributed by atoms with Crippen molar-refractivity contribution in [2.75, 3.05) is 19.6 Å². The number of thiophene rings is 1. The van der Waals surface area contributed by atoms with Crippen LogP contribution in [0.5, 0.6) is 0 Å². The number of nitrogens with zero attached hydrogens (tertiary/aromatic N) is 3. The predicted molar refractivity (Wildman–Crippen MR) is 98.4 cm³/mol. The molecule has 134 valence electrons. The molecule has 25 heavy (non-hydrogen) atoms. The van der Waals surface area contributed by atoms with Crippen molar-refractivity contribution < 1.29 is 9.21 Å². The molecular weight excluding hydrogens is 334 g/mol. The number of hydrogen-bond acceptors (Lipinski definition) is 5. The van der Waals surface area contributed by atoms with Gasteiger partial charge in [0.2, 0.25) is 11.8 Å². The van der Waals surface area contributed by atoms with Crippen molar-refractivity contribution in [2.45, 2.75) is 51.6 Å². The summed E-state index contributed by atoms with van der Waals surface area (Å²) in [5, 5.41) is 4.07. The molecule has 2 aliphatic rings. The van der Waals surface area contributed by atoms with Crippen molar-refractivity contribution >= 4 is 17.2 Å². The average molecular weight is 359 g/mol. The summed E-state index contributed by atoms with van der Waals surface area (Å²) >= 11 is 1.64. The van der Waals surface area contributed by atoms with Gasteiger partial charge in [-0.2, -0.15) is 11.3 Å². The third-order valence-corrected chi connectivity index (χ3v) is 6.07. The van der Waals surface area contributed by atoms with Gasteiger partial charge in [0.05, 0.1) is 12.2 Å². The summed E-state index contributed by atoms with van der Waals surface area (Å²) in [6, 6.07) is 2.49. The van der Waals surface area contributed by atoms with Crippen LogP contribution < -0.4 is 0 Å². The number of aromatic nitrogens is 1. The van der Waals surface area contributed by atoms with E-state index in [0.717, 1.165) is 30.1 Å². The van der Waals surface area contributed by atoms with Gasteiger partial charge in [0.25, 0.3) is 0 Å². The molecule has 0 N–H and O–H groups in total. The Hall–Kier alpha value is -1.66. The van der Waals surface area contributed by atoms with Gasteiger partial charge in [0, 0.05) is 36.6 Å². The van der Waals surface area contributed by atoms with Crippen molar-refractivity contribution in [2.24, 2.45) is 0 Å². The van der Waals surface area contributed by atoms with Gasteiger partial charge >= 0.3 is 0 Å². The number of rotatable bonds is 4. The number of oxazole rings is 1. The van der Waals surface area contributed by atoms with Crippen LogP contribution in [0.2, 0.25) is 0 Å². The van der Waals surface area contributed by atoms with E-state index < -0.39 is 0 Å². The fraction of sp³-hybridized carbons (Fsp3) is 0.579. The van der Waals surface area contributed by atoms with E-state index in [2.05, 4.69) is 14.8 Å². The Kier molecular flexibility index (Phi) is 4.90. The van der Waals surface area contributed by atoms with Crippen LogP contribution in [0.25, 0.3) is 11.5 Å². The van der Waals surface area contributed by atoms with Crippen LogP contribution in [0.1, 0.15) is 43.6 Å². The first-order valence-electron chi connectivity index (χ1n) is 9.21. The third-order valence-electron chi connectivity index (χ3n) is 5.39. The lowest BCUT2D eigenvalue weighted by atomic mass is 9.93. The monoisotopic (exact) mass is 359 g/mol. The van der Waals surface area contributed by atoms with Crippen LogP contribution >= 0.6 is 11.3 Å². The third kappa shape index (κ3) is 3.65. The minimum Gasteiger partial charge on any atom is -0.441 e. The Bertz CT molecular complexity index is 719. The lowest BCUT2D eigenvalue weighted by Crippen LogP contribution is -2.54. The highest BCUT2D eigenvalue weighted by atomic mass is 32.1. The highest BCUT2D eigenvalue weighted by molar-refractivity contribution is 7.08. The standard InChI is InChI=1S/C19H25N3O2S/c1-14-17(20-19(24-14)15-7-10-25-13-15)11-21-8-9-22(18(23)12-21)16-5-3-2-4-6-16/h7,10,13,16H,2-6,8-9,11-12H2,1H3. The van der Waals surface area contributed by atoms with Crippen molar-refractivity contribution in [3.63, 3.8) is 0 Å². The molecule has 0 atom stereocenters. The number of aryl methyl sites for hydroxylation is 1. The zero-order valence-corrected chi connectivity index (χ0v) is 15.6. The summed E-state index contributed by atoms with van der Waals surface area (Å²) in [6.45, 7) is 4.90. The second-order valence-corrected chi connectivity index (χ2v) is 7.90. The Balaban J connectivity index is 1.39. The van der Waals surface area contributed by atoms with Crippen molar-refractivity contribution in [3.05, 3.63) is 28.3 Å². The maximum atomic E-state index is 12.6. The van der Waals surface area contributed by atoms with E-state index in [1.807, 2.05) is 23.8 Å². The molecule has 1 aliphatic carbocycles. The van der Waals surface area contributed by atoms with Crippen molar-refractivity contribution in [1.82, 2.24) is 14.8 Å². The van der Waals surface area contributed by atoms with E-state index in [1.54, 1.807) is 11.3 Å². The van der Waals surface area contributed by atoms with Gasteiger partial charge in [-0.3, -0.25) is 9.69 Å². The zero-order valence-electron chi connectivity index (χ0n) is 14.7. The molecule has 2 aromatic heterocycles. The Morgan fingerprint density at radius 1 is 1.28 bits per heavy atom. The lowest BCUT2D eigenvalue weighted by molar-refractivity contribution is -0.139. The largest absolute Gasteiger partial charge is 0.441 e. The van der Waals surface area contributed by atoms with Gasteiger partial charge in [0.15, 0.2) is 0 Å². The van der Waals surface area contributed by atoms with E-state index in [0.29, 0.717) is 25.0 Å². The van der Waals surface area contributed by atoms with Gasteiger partial charge in [-0.1, -0.05) is 19.3 Å². The Morgan fingerprint density at radius 2 is 2.12 bits per heavy atom. The summed E-state index contributed by atoms with van der Waals surface area (Å²) in [6.07, 6.45) is 6.21. The number of amides is 1. The quantitative estimate of drug-likeness (QED) is 0.835. The van der Waals surface area contributed by atoms with Crippen molar-refractivity contribution in [1.29, 1.82) is 0 Å². The second kappa shape index (κ2) is 7.30.